The lowest BCUT2D eigenvalue weighted by Gasteiger charge is -2.21. The van der Waals surface area contributed by atoms with Crippen LogP contribution in [0.3, 0.4) is 0 Å². The number of halogens is 1. The van der Waals surface area contributed by atoms with E-state index in [2.05, 4.69) is 21.7 Å². The topological polar surface area (TPSA) is 67.2 Å². The number of aryl methyl sites for hydroxylation is 1. The smallest absolute Gasteiger partial charge is 0.291 e. The molecule has 0 aliphatic carbocycles. The fourth-order valence-electron chi connectivity index (χ4n) is 3.04. The molecule has 1 aromatic carbocycles. The molecule has 2 N–H and O–H groups in total. The molecule has 0 radical (unpaired) electrons. The Morgan fingerprint density at radius 1 is 1.14 bits per heavy atom. The maximum Gasteiger partial charge on any atom is 0.291 e. The first kappa shape index (κ1) is 19.2. The number of carbonyl (C=O) groups excluding carboxylic acids is 1. The van der Waals surface area contributed by atoms with Crippen LogP contribution in [0, 0.1) is 6.92 Å². The van der Waals surface area contributed by atoms with Crippen molar-refractivity contribution in [2.45, 2.75) is 13.0 Å². The standard InChI is InChI=1S/C22H18ClN3O2S/c1-14-12-17(22(29-14)26-21(27)18-8-5-11-28-18)20(15-6-4-7-16(23)13-15)25-19-9-2-3-10-24-19/h2-13,20H,1H3,(H,24,25)(H,26,27)/t20-/m0/s1. The Bertz CT molecular complexity index is 1110. The van der Waals surface area contributed by atoms with Gasteiger partial charge in [0.15, 0.2) is 5.76 Å². The molecule has 29 heavy (non-hydrogen) atoms. The van der Waals surface area contributed by atoms with E-state index < -0.39 is 0 Å². The fraction of sp³-hybridized carbons (Fsp3) is 0.0909. The molecule has 146 valence electrons. The second-order valence-corrected chi connectivity index (χ2v) is 8.11. The van der Waals surface area contributed by atoms with E-state index in [1.54, 1.807) is 18.3 Å². The van der Waals surface area contributed by atoms with E-state index >= 15 is 0 Å². The Morgan fingerprint density at radius 3 is 2.76 bits per heavy atom. The van der Waals surface area contributed by atoms with Crippen LogP contribution in [0.5, 0.6) is 0 Å². The lowest BCUT2D eigenvalue weighted by molar-refractivity contribution is 0.0997. The maximum atomic E-state index is 12.6. The fourth-order valence-corrected chi connectivity index (χ4v) is 4.19. The van der Waals surface area contributed by atoms with Crippen molar-refractivity contribution < 1.29 is 9.21 Å². The molecule has 1 atom stereocenters. The van der Waals surface area contributed by atoms with Gasteiger partial charge < -0.3 is 15.1 Å². The van der Waals surface area contributed by atoms with E-state index in [9.17, 15) is 4.79 Å². The molecular formula is C22H18ClN3O2S. The van der Waals surface area contributed by atoms with E-state index in [4.69, 9.17) is 16.0 Å². The van der Waals surface area contributed by atoms with E-state index in [0.717, 1.165) is 26.8 Å². The Labute approximate surface area is 177 Å². The van der Waals surface area contributed by atoms with Gasteiger partial charge in [0.25, 0.3) is 5.91 Å². The summed E-state index contributed by atoms with van der Waals surface area (Å²) in [7, 11) is 0. The van der Waals surface area contributed by atoms with Crippen LogP contribution in [0.2, 0.25) is 5.02 Å². The lowest BCUT2D eigenvalue weighted by Crippen LogP contribution is -2.16. The molecule has 7 heteroatoms. The first-order valence-corrected chi connectivity index (χ1v) is 10.2. The molecule has 0 saturated carbocycles. The second-order valence-electron chi connectivity index (χ2n) is 6.42. The molecule has 0 unspecified atom stereocenters. The number of thiophene rings is 1. The van der Waals surface area contributed by atoms with Crippen molar-refractivity contribution in [1.82, 2.24) is 4.98 Å². The number of rotatable bonds is 6. The molecule has 0 saturated heterocycles. The minimum absolute atomic E-state index is 0.250. The first-order valence-electron chi connectivity index (χ1n) is 8.98. The number of hydrogen-bond acceptors (Lipinski definition) is 5. The summed E-state index contributed by atoms with van der Waals surface area (Å²) >= 11 is 7.76. The normalized spacial score (nSPS) is 11.8. The third-order valence-electron chi connectivity index (χ3n) is 4.31. The summed E-state index contributed by atoms with van der Waals surface area (Å²) < 4.78 is 5.22. The van der Waals surface area contributed by atoms with Crippen molar-refractivity contribution in [2.24, 2.45) is 0 Å². The highest BCUT2D eigenvalue weighted by Gasteiger charge is 2.23. The molecule has 0 aliphatic heterocycles. The summed E-state index contributed by atoms with van der Waals surface area (Å²) in [5, 5.41) is 7.83. The van der Waals surface area contributed by atoms with Gasteiger partial charge in [0.05, 0.1) is 12.3 Å². The number of furan rings is 1. The van der Waals surface area contributed by atoms with Gasteiger partial charge in [0.1, 0.15) is 10.8 Å². The molecule has 0 spiro atoms. The number of aromatic nitrogens is 1. The van der Waals surface area contributed by atoms with Crippen molar-refractivity contribution in [2.75, 3.05) is 10.6 Å². The number of carbonyl (C=O) groups is 1. The molecule has 0 bridgehead atoms. The zero-order chi connectivity index (χ0) is 20.2. The Morgan fingerprint density at radius 2 is 2.03 bits per heavy atom. The zero-order valence-corrected chi connectivity index (χ0v) is 17.1. The Kier molecular flexibility index (Phi) is 5.64. The summed E-state index contributed by atoms with van der Waals surface area (Å²) in [4.78, 5) is 18.0. The van der Waals surface area contributed by atoms with E-state index in [-0.39, 0.29) is 17.7 Å². The van der Waals surface area contributed by atoms with Crippen LogP contribution in [0.1, 0.15) is 32.6 Å². The van der Waals surface area contributed by atoms with Crippen LogP contribution in [-0.2, 0) is 0 Å². The van der Waals surface area contributed by atoms with Gasteiger partial charge in [0.2, 0.25) is 0 Å². The molecule has 4 aromatic rings. The minimum atomic E-state index is -0.291. The zero-order valence-electron chi connectivity index (χ0n) is 15.6. The highest BCUT2D eigenvalue weighted by molar-refractivity contribution is 7.16. The van der Waals surface area contributed by atoms with Crippen LogP contribution in [-0.4, -0.2) is 10.9 Å². The van der Waals surface area contributed by atoms with Gasteiger partial charge in [0, 0.05) is 21.7 Å². The van der Waals surface area contributed by atoms with Crippen molar-refractivity contribution >= 4 is 39.7 Å². The second kappa shape index (κ2) is 8.51. The number of pyridine rings is 1. The van der Waals surface area contributed by atoms with Crippen molar-refractivity contribution in [1.29, 1.82) is 0 Å². The average Bonchev–Trinajstić information content (AvgIpc) is 3.37. The van der Waals surface area contributed by atoms with Gasteiger partial charge in [-0.25, -0.2) is 4.98 Å². The van der Waals surface area contributed by atoms with Crippen molar-refractivity contribution in [3.8, 4) is 0 Å². The highest BCUT2D eigenvalue weighted by atomic mass is 35.5. The Balaban J connectivity index is 1.73. The van der Waals surface area contributed by atoms with Crippen molar-refractivity contribution in [3.63, 3.8) is 0 Å². The van der Waals surface area contributed by atoms with Crippen LogP contribution < -0.4 is 10.6 Å². The highest BCUT2D eigenvalue weighted by Crippen LogP contribution is 2.38. The molecule has 3 aromatic heterocycles. The first-order chi connectivity index (χ1) is 14.1. The number of anilines is 2. The Hall–Kier alpha value is -3.09. The quantitative estimate of drug-likeness (QED) is 0.390. The van der Waals surface area contributed by atoms with E-state index in [0.29, 0.717) is 5.02 Å². The average molecular weight is 424 g/mol. The molecule has 5 nitrogen and oxygen atoms in total. The van der Waals surface area contributed by atoms with Gasteiger partial charge in [-0.2, -0.15) is 0 Å². The minimum Gasteiger partial charge on any atom is -0.459 e. The van der Waals surface area contributed by atoms with Crippen molar-refractivity contribution in [3.05, 3.63) is 99.9 Å². The van der Waals surface area contributed by atoms with Gasteiger partial charge >= 0.3 is 0 Å². The van der Waals surface area contributed by atoms with E-state index in [1.807, 2.05) is 49.4 Å². The molecule has 1 amide bonds. The van der Waals surface area contributed by atoms with Crippen LogP contribution >= 0.6 is 22.9 Å². The van der Waals surface area contributed by atoms with Crippen LogP contribution in [0.15, 0.2) is 77.5 Å². The lowest BCUT2D eigenvalue weighted by atomic mass is 10.00. The summed E-state index contributed by atoms with van der Waals surface area (Å²) in [5.41, 5.74) is 1.90. The van der Waals surface area contributed by atoms with Crippen LogP contribution in [0.25, 0.3) is 0 Å². The van der Waals surface area contributed by atoms with Gasteiger partial charge in [-0.1, -0.05) is 29.8 Å². The molecular weight excluding hydrogens is 406 g/mol. The third kappa shape index (κ3) is 4.50. The largest absolute Gasteiger partial charge is 0.459 e. The molecule has 3 heterocycles. The van der Waals surface area contributed by atoms with Crippen LogP contribution in [0.4, 0.5) is 10.8 Å². The van der Waals surface area contributed by atoms with Gasteiger partial charge in [-0.05, 0) is 55.0 Å². The number of benzene rings is 1. The van der Waals surface area contributed by atoms with Gasteiger partial charge in [-0.15, -0.1) is 11.3 Å². The molecule has 0 aliphatic rings. The number of hydrogen-bond donors (Lipinski definition) is 2. The molecule has 4 rings (SSSR count). The van der Waals surface area contributed by atoms with Gasteiger partial charge in [-0.3, -0.25) is 4.79 Å². The monoisotopic (exact) mass is 423 g/mol. The van der Waals surface area contributed by atoms with E-state index in [1.165, 1.54) is 17.6 Å². The number of amides is 1. The summed E-state index contributed by atoms with van der Waals surface area (Å²) in [6.07, 6.45) is 3.21. The maximum absolute atomic E-state index is 12.6. The summed E-state index contributed by atoms with van der Waals surface area (Å²) in [6.45, 7) is 2.01. The SMILES string of the molecule is Cc1cc([C@@H](Nc2ccccn2)c2cccc(Cl)c2)c(NC(=O)c2ccco2)s1. The summed E-state index contributed by atoms with van der Waals surface area (Å²) in [5.74, 6) is 0.699. The third-order valence-corrected chi connectivity index (χ3v) is 5.52. The predicted octanol–water partition coefficient (Wildman–Crippen LogP) is 6.15. The predicted molar refractivity (Wildman–Crippen MR) is 117 cm³/mol. The molecule has 0 fully saturated rings. The number of nitrogens with zero attached hydrogens (tertiary/aromatic N) is 1. The summed E-state index contributed by atoms with van der Waals surface area (Å²) in [6, 6.07) is 18.5. The number of nitrogens with one attached hydrogen (secondary N) is 2.